The molecule has 0 saturated carbocycles. The first kappa shape index (κ1) is 16.6. The van der Waals surface area contributed by atoms with E-state index in [4.69, 9.17) is 4.74 Å². The number of ether oxygens (including phenoxy) is 2. The Morgan fingerprint density at radius 2 is 1.95 bits per heavy atom. The molecule has 0 bridgehead atoms. The van der Waals surface area contributed by atoms with Gasteiger partial charge >= 0.3 is 6.18 Å². The molecule has 1 saturated heterocycles. The average Bonchev–Trinajstić information content (AvgIpc) is 2.32. The quantitative estimate of drug-likeness (QED) is 0.570. The lowest BCUT2D eigenvalue weighted by molar-refractivity contribution is -0.279. The number of hydrogen-bond acceptors (Lipinski definition) is 4. The molecular weight excluding hydrogens is 272 g/mol. The molecule has 0 aliphatic carbocycles. The summed E-state index contributed by atoms with van der Waals surface area (Å²) in [5, 5.41) is 18.9. The second-order valence-corrected chi connectivity index (χ2v) is 4.41. The Balaban J connectivity index is 2.62. The number of aliphatic hydroxyl groups excluding tert-OH is 2. The van der Waals surface area contributed by atoms with Gasteiger partial charge in [0.25, 0.3) is 0 Å². The van der Waals surface area contributed by atoms with E-state index < -0.39 is 37.3 Å². The molecule has 0 spiro atoms. The summed E-state index contributed by atoms with van der Waals surface area (Å²) in [6, 6.07) is 0. The van der Waals surface area contributed by atoms with Crippen molar-refractivity contribution in [3.63, 3.8) is 0 Å². The first-order chi connectivity index (χ1) is 8.88. The highest BCUT2D eigenvalue weighted by atomic mass is 19.4. The molecule has 1 aliphatic heterocycles. The monoisotopic (exact) mass is 290 g/mol. The maximum absolute atomic E-state index is 12.8. The summed E-state index contributed by atoms with van der Waals surface area (Å²) < 4.78 is 59.9. The molecule has 1 rings (SSSR count). The molecular formula is C11H18F4O4. The zero-order chi connectivity index (χ0) is 14.5. The number of hydrogen-bond donors (Lipinski definition) is 2. The second-order valence-electron chi connectivity index (χ2n) is 4.41. The highest BCUT2D eigenvalue weighted by molar-refractivity contribution is 4.90. The summed E-state index contributed by atoms with van der Waals surface area (Å²) in [5.74, 6) is 0. The van der Waals surface area contributed by atoms with Gasteiger partial charge in [0.05, 0.1) is 12.8 Å². The Bertz CT molecular complexity index is 262. The van der Waals surface area contributed by atoms with E-state index >= 15 is 0 Å². The maximum Gasteiger partial charge on any atom is 0.417 e. The minimum absolute atomic E-state index is 0.0735. The molecule has 1 aliphatic rings. The molecule has 4 atom stereocenters. The van der Waals surface area contributed by atoms with Gasteiger partial charge in [0.15, 0.2) is 6.10 Å². The van der Waals surface area contributed by atoms with Gasteiger partial charge in [0.1, 0.15) is 12.2 Å². The lowest BCUT2D eigenvalue weighted by atomic mass is 9.97. The normalized spacial score (nSPS) is 30.3. The minimum atomic E-state index is -4.72. The Labute approximate surface area is 108 Å². The van der Waals surface area contributed by atoms with Crippen molar-refractivity contribution in [1.82, 2.24) is 0 Å². The van der Waals surface area contributed by atoms with Gasteiger partial charge in [0, 0.05) is 13.2 Å². The van der Waals surface area contributed by atoms with Gasteiger partial charge in [-0.25, -0.2) is 0 Å². The molecule has 4 nitrogen and oxygen atoms in total. The van der Waals surface area contributed by atoms with Gasteiger partial charge in [-0.05, 0) is 19.3 Å². The highest BCUT2D eigenvalue weighted by Crippen LogP contribution is 2.31. The fourth-order valence-electron chi connectivity index (χ4n) is 1.86. The van der Waals surface area contributed by atoms with E-state index in [1.807, 2.05) is 0 Å². The van der Waals surface area contributed by atoms with E-state index in [9.17, 15) is 27.8 Å². The van der Waals surface area contributed by atoms with Gasteiger partial charge in [-0.3, -0.25) is 4.39 Å². The van der Waals surface area contributed by atoms with Gasteiger partial charge in [0.2, 0.25) is 0 Å². The fourth-order valence-corrected chi connectivity index (χ4v) is 1.86. The van der Waals surface area contributed by atoms with E-state index in [1.54, 1.807) is 0 Å². The summed E-state index contributed by atoms with van der Waals surface area (Å²) in [6.45, 7) is -0.985. The minimum Gasteiger partial charge on any atom is -0.390 e. The molecule has 0 aromatic carbocycles. The standard InChI is InChI=1S/C11H18F4O4/c12-4-1-2-5-19-10(11(13,14)15)9-8(17)7(16)3-6-18-9/h7-10,16-17H,1-6H2/t7-,8+,9+,10-/m1/s1. The summed E-state index contributed by atoms with van der Waals surface area (Å²) in [7, 11) is 0. The highest BCUT2D eigenvalue weighted by Gasteiger charge is 2.51. The molecule has 0 radical (unpaired) electrons. The molecule has 2 N–H and O–H groups in total. The second kappa shape index (κ2) is 7.37. The topological polar surface area (TPSA) is 58.9 Å². The molecule has 114 valence electrons. The molecule has 0 amide bonds. The fraction of sp³-hybridized carbons (Fsp3) is 1.00. The van der Waals surface area contributed by atoms with Gasteiger partial charge in [-0.15, -0.1) is 0 Å². The molecule has 0 aromatic heterocycles. The van der Waals surface area contributed by atoms with Crippen LogP contribution in [-0.4, -0.2) is 60.7 Å². The Hall–Kier alpha value is -0.440. The van der Waals surface area contributed by atoms with Gasteiger partial charge in [-0.2, -0.15) is 13.2 Å². The third kappa shape index (κ3) is 4.87. The van der Waals surface area contributed by atoms with Crippen molar-refractivity contribution in [3.8, 4) is 0 Å². The third-order valence-electron chi connectivity index (χ3n) is 2.90. The van der Waals surface area contributed by atoms with E-state index in [0.29, 0.717) is 0 Å². The van der Waals surface area contributed by atoms with Crippen LogP contribution in [0.3, 0.4) is 0 Å². The number of rotatable bonds is 6. The number of aliphatic hydroxyl groups is 2. The lowest BCUT2D eigenvalue weighted by Crippen LogP contribution is -2.55. The predicted octanol–water partition coefficient (Wildman–Crippen LogP) is 1.19. The number of alkyl halides is 4. The van der Waals surface area contributed by atoms with Crippen molar-refractivity contribution >= 4 is 0 Å². The van der Waals surface area contributed by atoms with E-state index in [-0.39, 0.29) is 32.5 Å². The number of unbranched alkanes of at least 4 members (excludes halogenated alkanes) is 1. The molecule has 1 fully saturated rings. The van der Waals surface area contributed by atoms with Crippen LogP contribution in [0, 0.1) is 0 Å². The van der Waals surface area contributed by atoms with Crippen molar-refractivity contribution in [2.45, 2.75) is 49.9 Å². The van der Waals surface area contributed by atoms with Crippen LogP contribution in [0.2, 0.25) is 0 Å². The van der Waals surface area contributed by atoms with Crippen LogP contribution in [-0.2, 0) is 9.47 Å². The van der Waals surface area contributed by atoms with Crippen molar-refractivity contribution in [2.24, 2.45) is 0 Å². The summed E-state index contributed by atoms with van der Waals surface area (Å²) >= 11 is 0. The smallest absolute Gasteiger partial charge is 0.390 e. The summed E-state index contributed by atoms with van der Waals surface area (Å²) in [4.78, 5) is 0. The van der Waals surface area contributed by atoms with Crippen molar-refractivity contribution in [3.05, 3.63) is 0 Å². The average molecular weight is 290 g/mol. The van der Waals surface area contributed by atoms with Gasteiger partial charge < -0.3 is 19.7 Å². The van der Waals surface area contributed by atoms with Crippen molar-refractivity contribution < 1.29 is 37.2 Å². The molecule has 0 aromatic rings. The van der Waals surface area contributed by atoms with Crippen molar-refractivity contribution in [2.75, 3.05) is 19.9 Å². The van der Waals surface area contributed by atoms with E-state index in [0.717, 1.165) is 0 Å². The van der Waals surface area contributed by atoms with Crippen LogP contribution in [0.15, 0.2) is 0 Å². The molecule has 8 heteroatoms. The van der Waals surface area contributed by atoms with Crippen LogP contribution >= 0.6 is 0 Å². The molecule has 0 unspecified atom stereocenters. The van der Waals surface area contributed by atoms with Crippen LogP contribution in [0.4, 0.5) is 17.6 Å². The Morgan fingerprint density at radius 1 is 1.26 bits per heavy atom. The van der Waals surface area contributed by atoms with E-state index in [2.05, 4.69) is 4.74 Å². The molecule has 1 heterocycles. The maximum atomic E-state index is 12.8. The van der Waals surface area contributed by atoms with Crippen LogP contribution in [0.5, 0.6) is 0 Å². The first-order valence-corrected chi connectivity index (χ1v) is 6.10. The SMILES string of the molecule is O[C@@H]1[C@@H]([C@@H](OCCCCF)C(F)(F)F)OCC[C@H]1O. The lowest BCUT2D eigenvalue weighted by Gasteiger charge is -2.37. The third-order valence-corrected chi connectivity index (χ3v) is 2.90. The predicted molar refractivity (Wildman–Crippen MR) is 57.4 cm³/mol. The Morgan fingerprint density at radius 3 is 2.53 bits per heavy atom. The summed E-state index contributed by atoms with van der Waals surface area (Å²) in [5.41, 5.74) is 0. The first-order valence-electron chi connectivity index (χ1n) is 6.10. The zero-order valence-corrected chi connectivity index (χ0v) is 10.3. The summed E-state index contributed by atoms with van der Waals surface area (Å²) in [6.07, 6.45) is -11.3. The van der Waals surface area contributed by atoms with Crippen LogP contribution in [0.25, 0.3) is 0 Å². The van der Waals surface area contributed by atoms with Crippen LogP contribution < -0.4 is 0 Å². The van der Waals surface area contributed by atoms with Crippen LogP contribution in [0.1, 0.15) is 19.3 Å². The molecule has 19 heavy (non-hydrogen) atoms. The zero-order valence-electron chi connectivity index (χ0n) is 10.3. The van der Waals surface area contributed by atoms with Gasteiger partial charge in [-0.1, -0.05) is 0 Å². The van der Waals surface area contributed by atoms with Crippen molar-refractivity contribution in [1.29, 1.82) is 0 Å². The van der Waals surface area contributed by atoms with E-state index in [1.165, 1.54) is 0 Å². The Kier molecular flexibility index (Phi) is 6.45. The number of halogens is 4. The largest absolute Gasteiger partial charge is 0.417 e.